The zero-order chi connectivity index (χ0) is 14.7. The minimum Gasteiger partial charge on any atom is -0.497 e. The maximum Gasteiger partial charge on any atom is 0.256 e. The summed E-state index contributed by atoms with van der Waals surface area (Å²) in [5.41, 5.74) is 0.769. The molecule has 0 unspecified atom stereocenters. The summed E-state index contributed by atoms with van der Waals surface area (Å²) >= 11 is 6.41. The number of amides is 1. The predicted octanol–water partition coefficient (Wildman–Crippen LogP) is 4.61. The Labute approximate surface area is 132 Å². The number of ether oxygens (including phenoxy) is 1. The van der Waals surface area contributed by atoms with E-state index in [1.165, 1.54) is 25.3 Å². The number of halogens is 3. The molecule has 0 bridgehead atoms. The van der Waals surface area contributed by atoms with Crippen molar-refractivity contribution in [2.45, 2.75) is 0 Å². The first kappa shape index (κ1) is 15.0. The van der Waals surface area contributed by atoms with E-state index in [1.807, 2.05) is 0 Å². The Morgan fingerprint density at radius 3 is 2.70 bits per heavy atom. The Morgan fingerprint density at radius 2 is 2.00 bits per heavy atom. The molecule has 2 aromatic carbocycles. The van der Waals surface area contributed by atoms with E-state index >= 15 is 0 Å². The van der Waals surface area contributed by atoms with Crippen LogP contribution in [0, 0.1) is 5.82 Å². The largest absolute Gasteiger partial charge is 0.497 e. The molecule has 0 saturated heterocycles. The molecule has 1 amide bonds. The van der Waals surface area contributed by atoms with Crippen molar-refractivity contribution in [2.24, 2.45) is 0 Å². The number of nitrogens with one attached hydrogen (secondary N) is 1. The third-order valence-electron chi connectivity index (χ3n) is 2.62. The maximum atomic E-state index is 13.4. The average Bonchev–Trinajstić information content (AvgIpc) is 2.44. The van der Waals surface area contributed by atoms with Crippen LogP contribution in [-0.4, -0.2) is 13.0 Å². The SMILES string of the molecule is COc1ccc(Br)c(NC(=O)c2cccc(F)c2Br)c1. The second kappa shape index (κ2) is 6.37. The number of hydrogen-bond acceptors (Lipinski definition) is 2. The third kappa shape index (κ3) is 3.19. The van der Waals surface area contributed by atoms with Crippen LogP contribution in [0.2, 0.25) is 0 Å². The fraction of sp³-hybridized carbons (Fsp3) is 0.0714. The standard InChI is InChI=1S/C14H10Br2FNO2/c1-20-8-5-6-10(15)12(7-8)18-14(19)9-3-2-4-11(17)13(9)16/h2-7H,1H3,(H,18,19). The van der Waals surface area contributed by atoms with Crippen LogP contribution in [0.4, 0.5) is 10.1 Å². The lowest BCUT2D eigenvalue weighted by molar-refractivity contribution is 0.102. The Bertz CT molecular complexity index is 662. The van der Waals surface area contributed by atoms with Gasteiger partial charge in [-0.15, -0.1) is 0 Å². The summed E-state index contributed by atoms with van der Waals surface area (Å²) in [5, 5.41) is 2.71. The van der Waals surface area contributed by atoms with Gasteiger partial charge in [-0.2, -0.15) is 0 Å². The van der Waals surface area contributed by atoms with Crippen molar-refractivity contribution >= 4 is 43.5 Å². The van der Waals surface area contributed by atoms with Crippen molar-refractivity contribution in [3.8, 4) is 5.75 Å². The first-order valence-electron chi connectivity index (χ1n) is 5.62. The molecule has 20 heavy (non-hydrogen) atoms. The highest BCUT2D eigenvalue weighted by Crippen LogP contribution is 2.28. The van der Waals surface area contributed by atoms with Crippen LogP contribution < -0.4 is 10.1 Å². The van der Waals surface area contributed by atoms with Gasteiger partial charge in [0.15, 0.2) is 0 Å². The van der Waals surface area contributed by atoms with Gasteiger partial charge in [-0.25, -0.2) is 4.39 Å². The molecule has 0 spiro atoms. The molecule has 0 radical (unpaired) electrons. The number of carbonyl (C=O) groups is 1. The van der Waals surface area contributed by atoms with Crippen molar-refractivity contribution in [1.29, 1.82) is 0 Å². The van der Waals surface area contributed by atoms with Gasteiger partial charge in [0, 0.05) is 10.5 Å². The summed E-state index contributed by atoms with van der Waals surface area (Å²) < 4.78 is 19.4. The molecule has 0 aromatic heterocycles. The summed E-state index contributed by atoms with van der Waals surface area (Å²) in [6, 6.07) is 9.50. The van der Waals surface area contributed by atoms with Gasteiger partial charge in [0.2, 0.25) is 0 Å². The molecule has 1 N–H and O–H groups in total. The van der Waals surface area contributed by atoms with Gasteiger partial charge < -0.3 is 10.1 Å². The Kier molecular flexibility index (Phi) is 4.77. The highest BCUT2D eigenvalue weighted by atomic mass is 79.9. The lowest BCUT2D eigenvalue weighted by atomic mass is 10.2. The average molecular weight is 403 g/mol. The minimum absolute atomic E-state index is 0.136. The fourth-order valence-electron chi connectivity index (χ4n) is 1.60. The second-order valence-corrected chi connectivity index (χ2v) is 5.55. The van der Waals surface area contributed by atoms with Gasteiger partial charge in [-0.3, -0.25) is 4.79 Å². The van der Waals surface area contributed by atoms with E-state index in [2.05, 4.69) is 37.2 Å². The predicted molar refractivity (Wildman–Crippen MR) is 82.7 cm³/mol. The van der Waals surface area contributed by atoms with Gasteiger partial charge in [0.1, 0.15) is 11.6 Å². The van der Waals surface area contributed by atoms with Gasteiger partial charge in [0.25, 0.3) is 5.91 Å². The van der Waals surface area contributed by atoms with Crippen molar-refractivity contribution in [2.75, 3.05) is 12.4 Å². The Morgan fingerprint density at radius 1 is 1.25 bits per heavy atom. The van der Waals surface area contributed by atoms with Crippen molar-refractivity contribution in [3.05, 3.63) is 56.7 Å². The Balaban J connectivity index is 2.30. The van der Waals surface area contributed by atoms with Crippen LogP contribution in [0.15, 0.2) is 45.3 Å². The molecule has 0 aliphatic carbocycles. The van der Waals surface area contributed by atoms with Crippen molar-refractivity contribution in [3.63, 3.8) is 0 Å². The fourth-order valence-corrected chi connectivity index (χ4v) is 2.39. The normalized spacial score (nSPS) is 10.2. The summed E-state index contributed by atoms with van der Waals surface area (Å²) in [6.07, 6.45) is 0. The van der Waals surface area contributed by atoms with E-state index < -0.39 is 11.7 Å². The van der Waals surface area contributed by atoms with Gasteiger partial charge in [-0.05, 0) is 56.1 Å². The van der Waals surface area contributed by atoms with E-state index in [9.17, 15) is 9.18 Å². The summed E-state index contributed by atoms with van der Waals surface area (Å²) in [6.45, 7) is 0. The summed E-state index contributed by atoms with van der Waals surface area (Å²) in [4.78, 5) is 12.2. The molecule has 104 valence electrons. The highest BCUT2D eigenvalue weighted by molar-refractivity contribution is 9.11. The van der Waals surface area contributed by atoms with Crippen LogP contribution in [0.5, 0.6) is 5.75 Å². The summed E-state index contributed by atoms with van der Waals surface area (Å²) in [5.74, 6) is -0.283. The smallest absolute Gasteiger partial charge is 0.256 e. The number of benzene rings is 2. The van der Waals surface area contributed by atoms with E-state index in [0.29, 0.717) is 15.9 Å². The lowest BCUT2D eigenvalue weighted by Gasteiger charge is -2.10. The first-order valence-corrected chi connectivity index (χ1v) is 7.20. The third-order valence-corrected chi connectivity index (χ3v) is 4.12. The molecule has 0 aliphatic heterocycles. The van der Waals surface area contributed by atoms with Crippen LogP contribution in [0.3, 0.4) is 0 Å². The molecular weight excluding hydrogens is 393 g/mol. The van der Waals surface area contributed by atoms with E-state index in [4.69, 9.17) is 4.74 Å². The monoisotopic (exact) mass is 401 g/mol. The number of anilines is 1. The zero-order valence-corrected chi connectivity index (χ0v) is 13.6. The van der Waals surface area contributed by atoms with Crippen LogP contribution in [0.25, 0.3) is 0 Å². The van der Waals surface area contributed by atoms with Gasteiger partial charge in [0.05, 0.1) is 22.8 Å². The molecule has 3 nitrogen and oxygen atoms in total. The maximum absolute atomic E-state index is 13.4. The van der Waals surface area contributed by atoms with E-state index in [1.54, 1.807) is 18.2 Å². The molecule has 2 rings (SSSR count). The Hall–Kier alpha value is -1.40. The number of hydrogen-bond donors (Lipinski definition) is 1. The molecule has 0 fully saturated rings. The van der Waals surface area contributed by atoms with Crippen LogP contribution in [0.1, 0.15) is 10.4 Å². The first-order chi connectivity index (χ1) is 9.52. The molecule has 0 heterocycles. The molecule has 0 saturated carbocycles. The van der Waals surface area contributed by atoms with Crippen molar-refractivity contribution < 1.29 is 13.9 Å². The molecular formula is C14H10Br2FNO2. The quantitative estimate of drug-likeness (QED) is 0.813. The van der Waals surface area contributed by atoms with Crippen molar-refractivity contribution in [1.82, 2.24) is 0 Å². The second-order valence-electron chi connectivity index (χ2n) is 3.90. The van der Waals surface area contributed by atoms with Crippen LogP contribution >= 0.6 is 31.9 Å². The summed E-state index contributed by atoms with van der Waals surface area (Å²) in [7, 11) is 1.54. The topological polar surface area (TPSA) is 38.3 Å². The number of methoxy groups -OCH3 is 1. The minimum atomic E-state index is -0.484. The van der Waals surface area contributed by atoms with E-state index in [-0.39, 0.29) is 10.0 Å². The highest BCUT2D eigenvalue weighted by Gasteiger charge is 2.14. The zero-order valence-electron chi connectivity index (χ0n) is 10.4. The molecule has 2 aromatic rings. The van der Waals surface area contributed by atoms with Gasteiger partial charge >= 0.3 is 0 Å². The molecule has 0 atom stereocenters. The van der Waals surface area contributed by atoms with Crippen LogP contribution in [-0.2, 0) is 0 Å². The molecule has 6 heteroatoms. The lowest BCUT2D eigenvalue weighted by Crippen LogP contribution is -2.13. The van der Waals surface area contributed by atoms with Gasteiger partial charge in [-0.1, -0.05) is 6.07 Å². The number of carbonyl (C=O) groups excluding carboxylic acids is 1. The van der Waals surface area contributed by atoms with E-state index in [0.717, 1.165) is 0 Å². The molecule has 0 aliphatic rings. The number of rotatable bonds is 3.